The SMILES string of the molecule is O=C1CCCc2nc(NC(=O)[C@@H]3CCn4cncc4C3)sc21. The number of hydrogen-bond donors (Lipinski definition) is 1. The number of fused-ring (bicyclic) bond motifs is 2. The minimum atomic E-state index is -0.0548. The molecule has 1 aliphatic heterocycles. The second-order valence-corrected chi connectivity index (χ2v) is 6.83. The summed E-state index contributed by atoms with van der Waals surface area (Å²) in [6.07, 6.45) is 7.42. The van der Waals surface area contributed by atoms with Crippen molar-refractivity contribution in [3.05, 3.63) is 28.8 Å². The lowest BCUT2D eigenvalue weighted by atomic mass is 9.95. The highest BCUT2D eigenvalue weighted by Crippen LogP contribution is 2.30. The zero-order valence-electron chi connectivity index (χ0n) is 12.0. The highest BCUT2D eigenvalue weighted by molar-refractivity contribution is 7.17. The Hall–Kier alpha value is -2.02. The van der Waals surface area contributed by atoms with Gasteiger partial charge in [-0.2, -0.15) is 0 Å². The minimum absolute atomic E-state index is 0.00834. The number of hydrogen-bond acceptors (Lipinski definition) is 5. The Balaban J connectivity index is 1.48. The van der Waals surface area contributed by atoms with Crippen molar-refractivity contribution in [1.82, 2.24) is 14.5 Å². The van der Waals surface area contributed by atoms with E-state index in [9.17, 15) is 9.59 Å². The molecule has 0 spiro atoms. The van der Waals surface area contributed by atoms with Crippen LogP contribution in [0.25, 0.3) is 0 Å². The molecule has 0 aromatic carbocycles. The zero-order valence-corrected chi connectivity index (χ0v) is 12.9. The van der Waals surface area contributed by atoms with Gasteiger partial charge in [0.05, 0.1) is 16.9 Å². The lowest BCUT2D eigenvalue weighted by Crippen LogP contribution is -2.29. The van der Waals surface area contributed by atoms with Crippen LogP contribution in [0.1, 0.15) is 40.3 Å². The third kappa shape index (κ3) is 2.35. The van der Waals surface area contributed by atoms with Gasteiger partial charge in [-0.25, -0.2) is 9.97 Å². The summed E-state index contributed by atoms with van der Waals surface area (Å²) < 4.78 is 2.09. The molecule has 4 rings (SSSR count). The molecular formula is C15H16N4O2S. The Morgan fingerprint density at radius 3 is 3.18 bits per heavy atom. The number of thiazole rings is 1. The molecule has 2 aliphatic rings. The molecule has 1 atom stereocenters. The molecule has 0 unspecified atom stereocenters. The van der Waals surface area contributed by atoms with E-state index in [-0.39, 0.29) is 17.6 Å². The number of imidazole rings is 1. The number of carbonyl (C=O) groups excluding carboxylic acids is 2. The number of nitrogens with zero attached hydrogens (tertiary/aromatic N) is 3. The maximum absolute atomic E-state index is 12.4. The van der Waals surface area contributed by atoms with E-state index >= 15 is 0 Å². The first-order valence-electron chi connectivity index (χ1n) is 7.53. The molecule has 2 aromatic heterocycles. The van der Waals surface area contributed by atoms with E-state index in [0.717, 1.165) is 42.1 Å². The van der Waals surface area contributed by atoms with Gasteiger partial charge < -0.3 is 9.88 Å². The summed E-state index contributed by atoms with van der Waals surface area (Å²) in [6.45, 7) is 0.820. The van der Waals surface area contributed by atoms with Crippen molar-refractivity contribution < 1.29 is 9.59 Å². The first-order valence-corrected chi connectivity index (χ1v) is 8.35. The quantitative estimate of drug-likeness (QED) is 0.920. The molecule has 114 valence electrons. The molecule has 0 radical (unpaired) electrons. The molecule has 1 N–H and O–H groups in total. The van der Waals surface area contributed by atoms with Crippen LogP contribution in [0.5, 0.6) is 0 Å². The average Bonchev–Trinajstić information content (AvgIpc) is 3.13. The summed E-state index contributed by atoms with van der Waals surface area (Å²) in [7, 11) is 0. The van der Waals surface area contributed by atoms with Gasteiger partial charge in [0.2, 0.25) is 5.91 Å². The first-order chi connectivity index (χ1) is 10.7. The molecule has 7 heteroatoms. The van der Waals surface area contributed by atoms with E-state index in [1.807, 2.05) is 12.5 Å². The maximum atomic E-state index is 12.4. The Morgan fingerprint density at radius 2 is 2.32 bits per heavy atom. The normalized spacial score (nSPS) is 20.4. The predicted octanol–water partition coefficient (Wildman–Crippen LogP) is 2.06. The number of anilines is 1. The topological polar surface area (TPSA) is 76.9 Å². The van der Waals surface area contributed by atoms with Crippen molar-refractivity contribution in [3.8, 4) is 0 Å². The summed E-state index contributed by atoms with van der Waals surface area (Å²) in [5, 5.41) is 3.46. The van der Waals surface area contributed by atoms with Gasteiger partial charge in [0.1, 0.15) is 0 Å². The summed E-state index contributed by atoms with van der Waals surface area (Å²) in [5.41, 5.74) is 1.94. The molecule has 0 saturated carbocycles. The van der Waals surface area contributed by atoms with Crippen LogP contribution in [0.4, 0.5) is 5.13 Å². The van der Waals surface area contributed by atoms with Gasteiger partial charge in [0.15, 0.2) is 10.9 Å². The molecule has 0 bridgehead atoms. The van der Waals surface area contributed by atoms with Gasteiger partial charge in [-0.05, 0) is 19.3 Å². The molecular weight excluding hydrogens is 300 g/mol. The average molecular weight is 316 g/mol. The van der Waals surface area contributed by atoms with Crippen LogP contribution in [0, 0.1) is 5.92 Å². The molecule has 1 aliphatic carbocycles. The fraction of sp³-hybridized carbons (Fsp3) is 0.467. The lowest BCUT2D eigenvalue weighted by Gasteiger charge is -2.22. The Bertz CT molecular complexity index is 749. The van der Waals surface area contributed by atoms with Gasteiger partial charge in [-0.15, -0.1) is 0 Å². The summed E-state index contributed by atoms with van der Waals surface area (Å²) in [6, 6.07) is 0. The van der Waals surface area contributed by atoms with Crippen molar-refractivity contribution in [1.29, 1.82) is 0 Å². The number of Topliss-reactive ketones (excluding diaryl/α,β-unsaturated/α-hetero) is 1. The number of carbonyl (C=O) groups is 2. The van der Waals surface area contributed by atoms with Crippen LogP contribution < -0.4 is 5.32 Å². The number of rotatable bonds is 2. The van der Waals surface area contributed by atoms with E-state index in [1.54, 1.807) is 0 Å². The molecule has 6 nitrogen and oxygen atoms in total. The van der Waals surface area contributed by atoms with E-state index in [2.05, 4.69) is 19.9 Å². The molecule has 2 aromatic rings. The second-order valence-electron chi connectivity index (χ2n) is 5.83. The van der Waals surface area contributed by atoms with Crippen LogP contribution in [0.2, 0.25) is 0 Å². The first kappa shape index (κ1) is 13.6. The maximum Gasteiger partial charge on any atom is 0.229 e. The Kier molecular flexibility index (Phi) is 3.29. The highest BCUT2D eigenvalue weighted by Gasteiger charge is 2.27. The van der Waals surface area contributed by atoms with Gasteiger partial charge >= 0.3 is 0 Å². The summed E-state index contributed by atoms with van der Waals surface area (Å²) in [4.78, 5) is 33.5. The fourth-order valence-corrected chi connectivity index (χ4v) is 4.10. The largest absolute Gasteiger partial charge is 0.335 e. The van der Waals surface area contributed by atoms with Crippen LogP contribution in [0.15, 0.2) is 12.5 Å². The monoisotopic (exact) mass is 316 g/mol. The van der Waals surface area contributed by atoms with Crippen molar-refractivity contribution >= 4 is 28.2 Å². The van der Waals surface area contributed by atoms with Crippen LogP contribution in [-0.2, 0) is 24.2 Å². The van der Waals surface area contributed by atoms with Crippen molar-refractivity contribution in [2.45, 2.75) is 38.6 Å². The van der Waals surface area contributed by atoms with Crippen LogP contribution in [-0.4, -0.2) is 26.2 Å². The van der Waals surface area contributed by atoms with Crippen LogP contribution in [0.3, 0.4) is 0 Å². The highest BCUT2D eigenvalue weighted by atomic mass is 32.1. The molecule has 1 amide bonds. The predicted molar refractivity (Wildman–Crippen MR) is 82.1 cm³/mol. The van der Waals surface area contributed by atoms with E-state index in [1.165, 1.54) is 11.3 Å². The molecule has 3 heterocycles. The Labute approximate surface area is 131 Å². The third-order valence-corrected chi connectivity index (χ3v) is 5.40. The van der Waals surface area contributed by atoms with E-state index in [0.29, 0.717) is 18.0 Å². The van der Waals surface area contributed by atoms with Gasteiger partial charge in [-0.3, -0.25) is 9.59 Å². The number of amides is 1. The summed E-state index contributed by atoms with van der Waals surface area (Å²) >= 11 is 1.31. The van der Waals surface area contributed by atoms with Crippen molar-refractivity contribution in [2.24, 2.45) is 5.92 Å². The number of ketones is 1. The number of aryl methyl sites for hydroxylation is 2. The van der Waals surface area contributed by atoms with E-state index < -0.39 is 0 Å². The van der Waals surface area contributed by atoms with E-state index in [4.69, 9.17) is 0 Å². The lowest BCUT2D eigenvalue weighted by molar-refractivity contribution is -0.120. The number of aromatic nitrogens is 3. The number of nitrogens with one attached hydrogen (secondary N) is 1. The van der Waals surface area contributed by atoms with Crippen molar-refractivity contribution in [2.75, 3.05) is 5.32 Å². The van der Waals surface area contributed by atoms with Crippen LogP contribution >= 0.6 is 11.3 Å². The molecule has 0 fully saturated rings. The molecule has 0 saturated heterocycles. The minimum Gasteiger partial charge on any atom is -0.335 e. The third-order valence-electron chi connectivity index (χ3n) is 4.34. The second kappa shape index (κ2) is 5.31. The standard InChI is InChI=1S/C15H16N4O2S/c20-12-3-1-2-11-13(12)22-15(17-11)18-14(21)9-4-5-19-8-16-7-10(19)6-9/h7-9H,1-6H2,(H,17,18,21)/t9-/m1/s1. The van der Waals surface area contributed by atoms with Gasteiger partial charge in [-0.1, -0.05) is 11.3 Å². The fourth-order valence-electron chi connectivity index (χ4n) is 3.12. The van der Waals surface area contributed by atoms with Crippen molar-refractivity contribution in [3.63, 3.8) is 0 Å². The smallest absolute Gasteiger partial charge is 0.229 e. The van der Waals surface area contributed by atoms with Gasteiger partial charge in [0.25, 0.3) is 0 Å². The summed E-state index contributed by atoms with van der Waals surface area (Å²) in [5.74, 6) is 0.0904. The zero-order chi connectivity index (χ0) is 15.1. The Morgan fingerprint density at radius 1 is 1.41 bits per heavy atom. The van der Waals surface area contributed by atoms with Gasteiger partial charge in [0, 0.05) is 37.2 Å². The molecule has 22 heavy (non-hydrogen) atoms.